The number of benzene rings is 1. The zero-order valence-electron chi connectivity index (χ0n) is 19.2. The van der Waals surface area contributed by atoms with Gasteiger partial charge in [0.1, 0.15) is 0 Å². The monoisotopic (exact) mass is 468 g/mol. The minimum absolute atomic E-state index is 1.67. The van der Waals surface area contributed by atoms with Crippen LogP contribution in [0.3, 0.4) is 0 Å². The second-order valence-corrected chi connectivity index (χ2v) is 35.2. The molecule has 0 bridgehead atoms. The summed E-state index contributed by atoms with van der Waals surface area (Å²) < 4.78 is 21.1. The quantitative estimate of drug-likeness (QED) is 0.536. The fourth-order valence-electron chi connectivity index (χ4n) is 6.58. The Morgan fingerprint density at radius 2 is 0.407 bits per heavy atom. The molecule has 9 heteroatoms. The topological polar surface area (TPSA) is 27.7 Å². The summed E-state index contributed by atoms with van der Waals surface area (Å²) in [4.78, 5) is 0. The van der Waals surface area contributed by atoms with Crippen LogP contribution in [0.5, 0.6) is 0 Å². The molecule has 27 heavy (non-hydrogen) atoms. The number of fused-ring (bicyclic) bond motifs is 6. The van der Waals surface area contributed by atoms with Crippen LogP contribution in [0.25, 0.3) is 0 Å². The fraction of sp³-hybridized carbons (Fsp3) is 0.667. The van der Waals surface area contributed by atoms with Gasteiger partial charge in [-0.25, -0.2) is 0 Å². The van der Waals surface area contributed by atoms with E-state index in [4.69, 9.17) is 12.3 Å². The van der Waals surface area contributed by atoms with E-state index >= 15 is 0 Å². The highest BCUT2D eigenvalue weighted by molar-refractivity contribution is 7.20. The summed E-state index contributed by atoms with van der Waals surface area (Å²) in [6.07, 6.45) is 0. The van der Waals surface area contributed by atoms with Gasteiger partial charge >= 0.3 is 0 Å². The van der Waals surface area contributed by atoms with Gasteiger partial charge in [0.15, 0.2) is 0 Å². The summed E-state index contributed by atoms with van der Waals surface area (Å²) in [5.41, 5.74) is 0. The van der Waals surface area contributed by atoms with Gasteiger partial charge in [0, 0.05) is 0 Å². The molecule has 150 valence electrons. The van der Waals surface area contributed by atoms with Crippen LogP contribution >= 0.6 is 0 Å². The van der Waals surface area contributed by atoms with Gasteiger partial charge in [0.25, 0.3) is 0 Å². The highest BCUT2D eigenvalue weighted by Gasteiger charge is 2.63. The van der Waals surface area contributed by atoms with E-state index in [1.165, 1.54) is 0 Å². The first-order valence-corrected chi connectivity index (χ1v) is 27.7. The van der Waals surface area contributed by atoms with Crippen LogP contribution in [0.15, 0.2) is 0 Å². The van der Waals surface area contributed by atoms with Crippen molar-refractivity contribution in [3.63, 3.8) is 0 Å². The van der Waals surface area contributed by atoms with E-state index in [9.17, 15) is 0 Å². The van der Waals surface area contributed by atoms with Gasteiger partial charge in [-0.1, -0.05) is 0 Å². The normalized spacial score (nSPS) is 29.3. The third-order valence-electron chi connectivity index (χ3n) is 6.64. The third-order valence-corrected chi connectivity index (χ3v) is 30.6. The van der Waals surface area contributed by atoms with Crippen molar-refractivity contribution in [1.29, 1.82) is 0 Å². The van der Waals surface area contributed by atoms with E-state index in [2.05, 4.69) is 78.6 Å². The van der Waals surface area contributed by atoms with Crippen LogP contribution in [0.2, 0.25) is 78.6 Å². The van der Waals surface area contributed by atoms with Crippen LogP contribution < -0.4 is 31.1 Å². The average molecular weight is 469 g/mol. The van der Waals surface area contributed by atoms with E-state index in [0.29, 0.717) is 0 Å². The van der Waals surface area contributed by atoms with Crippen molar-refractivity contribution in [3.05, 3.63) is 0 Å². The lowest BCUT2D eigenvalue weighted by Crippen LogP contribution is -2.76. The summed E-state index contributed by atoms with van der Waals surface area (Å²) >= 11 is 0. The molecule has 1 aromatic carbocycles. The molecular formula is C18H36O3Si6. The Morgan fingerprint density at radius 3 is 0.519 bits per heavy atom. The van der Waals surface area contributed by atoms with E-state index in [1.54, 1.807) is 31.1 Å². The summed E-state index contributed by atoms with van der Waals surface area (Å²) in [5, 5.41) is 9.99. The highest BCUT2D eigenvalue weighted by Crippen LogP contribution is 2.30. The molecule has 3 aliphatic heterocycles. The zero-order valence-corrected chi connectivity index (χ0v) is 25.2. The Bertz CT molecular complexity index is 683. The van der Waals surface area contributed by atoms with Crippen LogP contribution in [-0.2, 0) is 12.3 Å². The van der Waals surface area contributed by atoms with Crippen LogP contribution in [0.4, 0.5) is 0 Å². The Labute approximate surface area is 171 Å². The number of hydrogen-bond donors (Lipinski definition) is 0. The second-order valence-electron chi connectivity index (χ2n) is 11.6. The lowest BCUT2D eigenvalue weighted by Gasteiger charge is -2.29. The largest absolute Gasteiger partial charge is 0.449 e. The fourth-order valence-corrected chi connectivity index (χ4v) is 44.7. The standard InChI is InChI=1S/C18H36O3Si6/c1-22(2)13-14(23(3,4)19-22)16-18(27(11,12)21-25(16,7)8)17-15(13)24(5,6)20-26(17,9)10/h1-12H3. The lowest BCUT2D eigenvalue weighted by atomic mass is 10.3. The molecule has 0 aliphatic carbocycles. The molecule has 0 N–H and O–H groups in total. The van der Waals surface area contributed by atoms with E-state index in [1.807, 2.05) is 0 Å². The summed E-state index contributed by atoms with van der Waals surface area (Å²) in [7, 11) is -11.6. The molecule has 1 aromatic rings. The maximum absolute atomic E-state index is 7.02. The Kier molecular flexibility index (Phi) is 3.96. The first-order chi connectivity index (χ1) is 11.9. The molecular weight excluding hydrogens is 433 g/mol. The zero-order chi connectivity index (χ0) is 20.6. The van der Waals surface area contributed by atoms with Gasteiger partial charge in [-0.15, -0.1) is 0 Å². The molecule has 3 nitrogen and oxygen atoms in total. The van der Waals surface area contributed by atoms with Crippen molar-refractivity contribution in [1.82, 2.24) is 0 Å². The van der Waals surface area contributed by atoms with Gasteiger partial charge in [0.2, 0.25) is 49.9 Å². The van der Waals surface area contributed by atoms with Gasteiger partial charge in [0.05, 0.1) is 0 Å². The first kappa shape index (κ1) is 20.7. The van der Waals surface area contributed by atoms with Gasteiger partial charge in [-0.05, 0) is 110 Å². The van der Waals surface area contributed by atoms with Crippen LogP contribution in [-0.4, -0.2) is 49.9 Å². The van der Waals surface area contributed by atoms with Gasteiger partial charge in [-0.3, -0.25) is 0 Å². The minimum Gasteiger partial charge on any atom is -0.449 e. The van der Waals surface area contributed by atoms with Crippen molar-refractivity contribution in [2.45, 2.75) is 78.6 Å². The van der Waals surface area contributed by atoms with Gasteiger partial charge in [-0.2, -0.15) is 0 Å². The average Bonchev–Trinajstić information content (AvgIpc) is 2.79. The highest BCUT2D eigenvalue weighted by atomic mass is 28.4. The Balaban J connectivity index is 2.31. The molecule has 0 saturated carbocycles. The number of rotatable bonds is 0. The lowest BCUT2D eigenvalue weighted by molar-refractivity contribution is 0.580. The summed E-state index contributed by atoms with van der Waals surface area (Å²) in [6, 6.07) is 0. The molecule has 3 heterocycles. The van der Waals surface area contributed by atoms with Gasteiger partial charge < -0.3 is 12.3 Å². The third kappa shape index (κ3) is 2.56. The van der Waals surface area contributed by atoms with Crippen molar-refractivity contribution in [2.24, 2.45) is 0 Å². The molecule has 0 aromatic heterocycles. The maximum Gasteiger partial charge on any atom is 0.206 e. The Hall–Kier alpha value is 0.401. The summed E-state index contributed by atoms with van der Waals surface area (Å²) in [5.74, 6) is 0. The first-order valence-electron chi connectivity index (χ1n) is 10.2. The van der Waals surface area contributed by atoms with E-state index in [-0.39, 0.29) is 0 Å². The molecule has 0 amide bonds. The molecule has 0 unspecified atom stereocenters. The molecule has 0 atom stereocenters. The molecule has 0 saturated heterocycles. The maximum atomic E-state index is 7.02. The molecule has 0 radical (unpaired) electrons. The van der Waals surface area contributed by atoms with Crippen molar-refractivity contribution in [2.75, 3.05) is 0 Å². The second kappa shape index (κ2) is 5.17. The number of hydrogen-bond acceptors (Lipinski definition) is 3. The SMILES string of the molecule is C[Si]1(C)O[Si](C)(C)c2c1c1c(c3c2[Si](C)(C)O[Si]3(C)C)[Si](C)(C)O[Si]1(C)C. The van der Waals surface area contributed by atoms with Crippen molar-refractivity contribution in [3.8, 4) is 0 Å². The predicted molar refractivity (Wildman–Crippen MR) is 132 cm³/mol. The summed E-state index contributed by atoms with van der Waals surface area (Å²) in [6.45, 7) is 29.2. The van der Waals surface area contributed by atoms with Crippen LogP contribution in [0.1, 0.15) is 0 Å². The van der Waals surface area contributed by atoms with E-state index in [0.717, 1.165) is 0 Å². The predicted octanol–water partition coefficient (Wildman–Crippen LogP) is 1.25. The Morgan fingerprint density at radius 1 is 0.296 bits per heavy atom. The molecule has 0 fully saturated rings. The van der Waals surface area contributed by atoms with Crippen LogP contribution in [0, 0.1) is 0 Å². The smallest absolute Gasteiger partial charge is 0.206 e. The minimum atomic E-state index is -1.94. The van der Waals surface area contributed by atoms with Crippen molar-refractivity contribution >= 4 is 81.0 Å². The molecule has 3 aliphatic rings. The molecule has 4 rings (SSSR count). The molecule has 0 spiro atoms. The van der Waals surface area contributed by atoms with Crippen molar-refractivity contribution < 1.29 is 12.3 Å². The van der Waals surface area contributed by atoms with E-state index < -0.39 is 49.9 Å².